The number of aliphatic hydroxyl groups excluding tert-OH is 2. The van der Waals surface area contributed by atoms with Crippen molar-refractivity contribution in [3.8, 4) is 0 Å². The summed E-state index contributed by atoms with van der Waals surface area (Å²) in [4.78, 5) is 139. The van der Waals surface area contributed by atoms with E-state index in [1.807, 2.05) is 0 Å². The molecule has 0 aliphatic heterocycles. The molecule has 0 fully saturated rings. The predicted molar refractivity (Wildman–Crippen MR) is 213 cm³/mol. The Morgan fingerprint density at radius 2 is 1.06 bits per heavy atom. The van der Waals surface area contributed by atoms with E-state index in [0.717, 1.165) is 13.8 Å². The average Bonchev–Trinajstić information content (AvgIpc) is 3.18. The highest BCUT2D eigenvalue weighted by molar-refractivity contribution is 5.99. The monoisotopic (exact) mass is 880 g/mol. The van der Waals surface area contributed by atoms with Crippen molar-refractivity contribution in [2.45, 2.75) is 114 Å². The Labute approximate surface area is 355 Å². The molecule has 0 saturated heterocycles. The molecule has 1 rings (SSSR count). The zero-order valence-corrected chi connectivity index (χ0v) is 34.4. The largest absolute Gasteiger partial charge is 0.481 e. The second kappa shape index (κ2) is 25.8. The minimum absolute atomic E-state index is 0.271. The van der Waals surface area contributed by atoms with Gasteiger partial charge in [0, 0.05) is 12.8 Å². The van der Waals surface area contributed by atoms with Crippen LogP contribution in [0, 0.1) is 5.92 Å². The number of amides is 9. The first kappa shape index (κ1) is 53.3. The summed E-state index contributed by atoms with van der Waals surface area (Å²) < 4.78 is 0. The third kappa shape index (κ3) is 18.7. The zero-order valence-electron chi connectivity index (χ0n) is 34.4. The molecule has 0 aliphatic carbocycles. The van der Waals surface area contributed by atoms with Crippen LogP contribution in [-0.2, 0) is 59.2 Å². The van der Waals surface area contributed by atoms with Crippen LogP contribution >= 0.6 is 0 Å². The lowest BCUT2D eigenvalue weighted by Crippen LogP contribution is -2.62. The average molecular weight is 881 g/mol. The van der Waals surface area contributed by atoms with E-state index in [0.29, 0.717) is 5.56 Å². The van der Waals surface area contributed by atoms with Crippen LogP contribution in [0.25, 0.3) is 0 Å². The first-order valence-electron chi connectivity index (χ1n) is 19.1. The van der Waals surface area contributed by atoms with Gasteiger partial charge < -0.3 is 74.8 Å². The van der Waals surface area contributed by atoms with E-state index in [9.17, 15) is 68.1 Å². The molecule has 1 aromatic rings. The van der Waals surface area contributed by atoms with Crippen LogP contribution in [-0.4, -0.2) is 147 Å². The molecule has 0 aromatic heterocycles. The summed E-state index contributed by atoms with van der Waals surface area (Å²) in [6, 6.07) is -5.05. The Bertz CT molecular complexity index is 1800. The minimum Gasteiger partial charge on any atom is -0.481 e. The van der Waals surface area contributed by atoms with Crippen LogP contribution in [0.1, 0.15) is 58.9 Å². The first-order valence-corrected chi connectivity index (χ1v) is 19.1. The van der Waals surface area contributed by atoms with Crippen LogP contribution in [0.5, 0.6) is 0 Å². The van der Waals surface area contributed by atoms with Gasteiger partial charge in [0.05, 0.1) is 25.6 Å². The maximum atomic E-state index is 13.7. The van der Waals surface area contributed by atoms with Gasteiger partial charge in [0.25, 0.3) is 0 Å². The van der Waals surface area contributed by atoms with Crippen molar-refractivity contribution < 1.29 is 73.2 Å². The summed E-state index contributed by atoms with van der Waals surface area (Å²) in [6.07, 6.45) is -4.64. The van der Waals surface area contributed by atoms with Gasteiger partial charge in [-0.1, -0.05) is 44.2 Å². The molecule has 344 valence electrons. The number of aliphatic hydroxyl groups is 2. The van der Waals surface area contributed by atoms with Crippen molar-refractivity contribution in [1.82, 2.24) is 37.2 Å². The number of nitrogens with two attached hydrogens (primary N) is 3. The van der Waals surface area contributed by atoms with E-state index in [1.54, 1.807) is 30.3 Å². The lowest BCUT2D eigenvalue weighted by Gasteiger charge is -2.28. The van der Waals surface area contributed by atoms with Gasteiger partial charge in [-0.15, -0.1) is 0 Å². The highest BCUT2D eigenvalue weighted by Gasteiger charge is 2.36. The fraction of sp³-hybridized carbons (Fsp3) is 0.541. The SMILES string of the molecule is CC(C)[C@H](NC(=O)[C@H](CC(=O)O)NC(=O)[C@H](Cc1ccccc1)NC(=O)[C@@H](NC(=O)[C@H](C)NC(=O)[C@H](CCC(N)=O)NC(=O)[C@H](CC(N)=O)NC(=O)[C@@H](N)CO)[C@@H](C)O)C(=O)O. The number of nitrogens with one attached hydrogen (secondary N) is 7. The van der Waals surface area contributed by atoms with Gasteiger partial charge in [0.1, 0.15) is 48.3 Å². The molecule has 25 nitrogen and oxygen atoms in total. The van der Waals surface area contributed by atoms with Crippen LogP contribution < -0.4 is 54.4 Å². The lowest BCUT2D eigenvalue weighted by molar-refractivity contribution is -0.144. The van der Waals surface area contributed by atoms with E-state index >= 15 is 0 Å². The number of aliphatic carboxylic acids is 2. The summed E-state index contributed by atoms with van der Waals surface area (Å²) in [5, 5.41) is 54.3. The van der Waals surface area contributed by atoms with Crippen molar-refractivity contribution in [3.63, 3.8) is 0 Å². The Morgan fingerprint density at radius 3 is 1.56 bits per heavy atom. The van der Waals surface area contributed by atoms with Crippen molar-refractivity contribution in [1.29, 1.82) is 0 Å². The second-order valence-corrected chi connectivity index (χ2v) is 14.5. The van der Waals surface area contributed by atoms with Gasteiger partial charge in [0.15, 0.2) is 0 Å². The molecular weight excluding hydrogens is 824 g/mol. The zero-order chi connectivity index (χ0) is 47.4. The maximum absolute atomic E-state index is 13.7. The molecule has 1 aromatic carbocycles. The smallest absolute Gasteiger partial charge is 0.326 e. The third-order valence-electron chi connectivity index (χ3n) is 8.86. The highest BCUT2D eigenvalue weighted by atomic mass is 16.4. The van der Waals surface area contributed by atoms with Gasteiger partial charge in [-0.3, -0.25) is 47.9 Å². The molecule has 0 radical (unpaired) electrons. The van der Waals surface area contributed by atoms with Crippen LogP contribution in [0.4, 0.5) is 0 Å². The van der Waals surface area contributed by atoms with Gasteiger partial charge >= 0.3 is 11.9 Å². The summed E-state index contributed by atoms with van der Waals surface area (Å²) in [6.45, 7) is 4.38. The second-order valence-electron chi connectivity index (χ2n) is 14.5. The number of carbonyl (C=O) groups is 11. The number of hydrogen-bond acceptors (Lipinski definition) is 14. The van der Waals surface area contributed by atoms with Crippen molar-refractivity contribution >= 4 is 65.1 Å². The maximum Gasteiger partial charge on any atom is 0.326 e. The van der Waals surface area contributed by atoms with Crippen molar-refractivity contribution in [3.05, 3.63) is 35.9 Å². The van der Waals surface area contributed by atoms with E-state index in [2.05, 4.69) is 37.2 Å². The Kier molecular flexibility index (Phi) is 22.2. The topological polar surface area (TPSA) is 431 Å². The van der Waals surface area contributed by atoms with Gasteiger partial charge in [-0.05, 0) is 31.7 Å². The molecule has 0 spiro atoms. The quantitative estimate of drug-likeness (QED) is 0.0391. The summed E-state index contributed by atoms with van der Waals surface area (Å²) >= 11 is 0. The molecule has 17 N–H and O–H groups in total. The van der Waals surface area contributed by atoms with E-state index in [1.165, 1.54) is 13.8 Å². The molecule has 0 bridgehead atoms. The summed E-state index contributed by atoms with van der Waals surface area (Å²) in [5.74, 6) is -13.4. The molecule has 9 amide bonds. The first-order chi connectivity index (χ1) is 28.9. The fourth-order valence-electron chi connectivity index (χ4n) is 5.41. The third-order valence-corrected chi connectivity index (χ3v) is 8.86. The standard InChI is InChI=1S/C37H56N10O15/c1-16(2)28(37(61)62)46-35(59)24(14-27(52)53)44-33(57)22(12-19-8-6-5-7-9-19)45-36(60)29(18(4)49)47-30(54)17(3)41-32(56)21(10-11-25(39)50)42-34(58)23(13-26(40)51)43-31(55)20(38)15-48/h5-9,16-18,20-24,28-29,48-49H,10-15,38H2,1-4H3,(H2,39,50)(H2,40,51)(H,41,56)(H,42,58)(H,43,55)(H,44,57)(H,45,60)(H,46,59)(H,47,54)(H,52,53)(H,61,62)/t17-,18+,20-,21-,22-,23-,24-,28-,29-/m0/s1. The number of benzene rings is 1. The number of rotatable bonds is 27. The summed E-state index contributed by atoms with van der Waals surface area (Å²) in [5.41, 5.74) is 16.3. The normalized spacial score (nSPS) is 15.3. The van der Waals surface area contributed by atoms with Crippen LogP contribution in [0.3, 0.4) is 0 Å². The predicted octanol–water partition coefficient (Wildman–Crippen LogP) is -6.30. The minimum atomic E-state index is -1.83. The van der Waals surface area contributed by atoms with Crippen LogP contribution in [0.15, 0.2) is 30.3 Å². The lowest BCUT2D eigenvalue weighted by atomic mass is 10.0. The molecule has 0 aliphatic rings. The summed E-state index contributed by atoms with van der Waals surface area (Å²) in [7, 11) is 0. The molecule has 9 atom stereocenters. The van der Waals surface area contributed by atoms with Gasteiger partial charge in [-0.25, -0.2) is 4.79 Å². The number of carboxylic acid groups (broad SMARTS) is 2. The molecule has 62 heavy (non-hydrogen) atoms. The number of carbonyl (C=O) groups excluding carboxylic acids is 9. The molecule has 0 heterocycles. The van der Waals surface area contributed by atoms with Crippen molar-refractivity contribution in [2.24, 2.45) is 23.1 Å². The number of carboxylic acids is 2. The number of hydrogen-bond donors (Lipinski definition) is 14. The Hall–Kier alpha value is -6.73. The Morgan fingerprint density at radius 1 is 0.581 bits per heavy atom. The van der Waals surface area contributed by atoms with Gasteiger partial charge in [0.2, 0.25) is 53.2 Å². The van der Waals surface area contributed by atoms with Crippen LogP contribution in [0.2, 0.25) is 0 Å². The highest BCUT2D eigenvalue weighted by Crippen LogP contribution is 2.09. The fourth-order valence-corrected chi connectivity index (χ4v) is 5.41. The Balaban J connectivity index is 3.32. The van der Waals surface area contributed by atoms with E-state index in [4.69, 9.17) is 22.3 Å². The van der Waals surface area contributed by atoms with Crippen molar-refractivity contribution in [2.75, 3.05) is 6.61 Å². The van der Waals surface area contributed by atoms with E-state index in [-0.39, 0.29) is 6.42 Å². The van der Waals surface area contributed by atoms with Gasteiger partial charge in [-0.2, -0.15) is 0 Å². The molecule has 25 heteroatoms. The molecular formula is C37H56N10O15. The molecule has 0 saturated carbocycles. The molecule has 0 unspecified atom stereocenters. The van der Waals surface area contributed by atoms with E-state index < -0.39 is 158 Å². The number of primary amides is 2.